The van der Waals surface area contributed by atoms with Gasteiger partial charge in [-0.15, -0.1) is 11.7 Å². The van der Waals surface area contributed by atoms with E-state index >= 15 is 0 Å². The van der Waals surface area contributed by atoms with Crippen molar-refractivity contribution in [2.75, 3.05) is 23.3 Å². The van der Waals surface area contributed by atoms with Crippen LogP contribution in [0.2, 0.25) is 0 Å². The van der Waals surface area contributed by atoms with Gasteiger partial charge < -0.3 is 10.2 Å². The van der Waals surface area contributed by atoms with Gasteiger partial charge in [-0.05, 0) is 31.5 Å². The van der Waals surface area contributed by atoms with E-state index < -0.39 is 0 Å². The zero-order chi connectivity index (χ0) is 14.4. The molecule has 1 aromatic heterocycles. The summed E-state index contributed by atoms with van der Waals surface area (Å²) in [7, 11) is 0. The molecule has 0 atom stereocenters. The summed E-state index contributed by atoms with van der Waals surface area (Å²) in [6, 6.07) is 8.25. The number of hydrogen-bond donors (Lipinski definition) is 1. The van der Waals surface area contributed by atoms with Gasteiger partial charge in [0.25, 0.3) is 5.95 Å². The van der Waals surface area contributed by atoms with Crippen molar-refractivity contribution in [1.29, 1.82) is 0 Å². The molecule has 0 unspecified atom stereocenters. The van der Waals surface area contributed by atoms with Crippen LogP contribution in [0.1, 0.15) is 12.5 Å². The van der Waals surface area contributed by atoms with Crippen molar-refractivity contribution in [2.45, 2.75) is 13.8 Å². The third-order valence-corrected chi connectivity index (χ3v) is 2.85. The van der Waals surface area contributed by atoms with Crippen LogP contribution in [0.25, 0.3) is 0 Å². The smallest absolute Gasteiger partial charge is 0.251 e. The summed E-state index contributed by atoms with van der Waals surface area (Å²) in [6.45, 7) is 9.22. The lowest BCUT2D eigenvalue weighted by atomic mass is 10.2. The Bertz CT molecular complexity index is 582. The van der Waals surface area contributed by atoms with Crippen LogP contribution in [-0.2, 0) is 0 Å². The maximum absolute atomic E-state index is 4.48. The molecule has 1 aromatic carbocycles. The molecule has 5 heteroatoms. The van der Waals surface area contributed by atoms with Crippen molar-refractivity contribution >= 4 is 17.5 Å². The first-order valence-corrected chi connectivity index (χ1v) is 6.63. The topological polar surface area (TPSA) is 53.9 Å². The molecule has 0 saturated heterocycles. The number of benzene rings is 1. The van der Waals surface area contributed by atoms with E-state index in [9.17, 15) is 0 Å². The molecule has 0 aliphatic rings. The first-order valence-electron chi connectivity index (χ1n) is 6.63. The van der Waals surface area contributed by atoms with Crippen LogP contribution in [-0.4, -0.2) is 28.3 Å². The summed E-state index contributed by atoms with van der Waals surface area (Å²) in [4.78, 5) is 6.51. The van der Waals surface area contributed by atoms with Crippen molar-refractivity contribution in [2.24, 2.45) is 0 Å². The van der Waals surface area contributed by atoms with E-state index in [4.69, 9.17) is 0 Å². The van der Waals surface area contributed by atoms with Gasteiger partial charge in [-0.1, -0.05) is 18.2 Å². The lowest BCUT2D eigenvalue weighted by molar-refractivity contribution is 0.884. The number of anilines is 3. The molecule has 0 aliphatic heterocycles. The Balaban J connectivity index is 2.29. The fourth-order valence-electron chi connectivity index (χ4n) is 1.91. The summed E-state index contributed by atoms with van der Waals surface area (Å²) >= 11 is 0. The van der Waals surface area contributed by atoms with Crippen LogP contribution < -0.4 is 10.2 Å². The lowest BCUT2D eigenvalue weighted by Gasteiger charge is -2.21. The zero-order valence-electron chi connectivity index (χ0n) is 11.9. The van der Waals surface area contributed by atoms with Gasteiger partial charge in [-0.3, -0.25) is 0 Å². The van der Waals surface area contributed by atoms with Gasteiger partial charge in [0, 0.05) is 18.8 Å². The second kappa shape index (κ2) is 6.65. The number of rotatable bonds is 6. The molecule has 0 aliphatic carbocycles. The predicted octanol–water partition coefficient (Wildman–Crippen LogP) is 2.94. The Morgan fingerprint density at radius 2 is 2.25 bits per heavy atom. The van der Waals surface area contributed by atoms with Gasteiger partial charge >= 0.3 is 0 Å². The van der Waals surface area contributed by atoms with E-state index in [2.05, 4.69) is 53.1 Å². The summed E-state index contributed by atoms with van der Waals surface area (Å²) in [5, 5.41) is 11.2. The fraction of sp³-hybridized carbons (Fsp3) is 0.267. The largest absolute Gasteiger partial charge is 0.365 e. The van der Waals surface area contributed by atoms with Crippen LogP contribution in [0.3, 0.4) is 0 Å². The van der Waals surface area contributed by atoms with Crippen molar-refractivity contribution in [3.05, 3.63) is 48.7 Å². The Morgan fingerprint density at radius 1 is 1.40 bits per heavy atom. The molecule has 0 saturated carbocycles. The maximum atomic E-state index is 4.48. The highest BCUT2D eigenvalue weighted by atomic mass is 15.3. The molecular weight excluding hydrogens is 250 g/mol. The molecule has 0 radical (unpaired) electrons. The van der Waals surface area contributed by atoms with Crippen LogP contribution in [0, 0.1) is 6.92 Å². The number of hydrogen-bond acceptors (Lipinski definition) is 5. The third kappa shape index (κ3) is 3.32. The standard InChI is InChI=1S/C15H19N5/c1-4-9-16-14-11-17-19-15(18-14)20(5-2)13-8-6-7-12(3)10-13/h4,6-8,10-11H,1,5,9H2,2-3H3,(H,16,18,19). The first-order chi connectivity index (χ1) is 9.74. The van der Waals surface area contributed by atoms with E-state index in [-0.39, 0.29) is 0 Å². The molecule has 1 heterocycles. The molecular formula is C15H19N5. The average Bonchev–Trinajstić information content (AvgIpc) is 2.46. The molecule has 0 spiro atoms. The Kier molecular flexibility index (Phi) is 4.65. The Labute approximate surface area is 119 Å². The van der Waals surface area contributed by atoms with Gasteiger partial charge in [0.1, 0.15) is 0 Å². The van der Waals surface area contributed by atoms with Crippen LogP contribution >= 0.6 is 0 Å². The first kappa shape index (κ1) is 14.0. The van der Waals surface area contributed by atoms with Crippen LogP contribution in [0.15, 0.2) is 43.1 Å². The molecule has 5 nitrogen and oxygen atoms in total. The third-order valence-electron chi connectivity index (χ3n) is 2.85. The zero-order valence-corrected chi connectivity index (χ0v) is 11.9. The second-order valence-electron chi connectivity index (χ2n) is 4.39. The Hall–Kier alpha value is -2.43. The summed E-state index contributed by atoms with van der Waals surface area (Å²) in [5.74, 6) is 1.29. The minimum absolute atomic E-state index is 0.590. The molecule has 2 rings (SSSR count). The fourth-order valence-corrected chi connectivity index (χ4v) is 1.91. The molecule has 2 aromatic rings. The SMILES string of the molecule is C=CCNc1cnnc(N(CC)c2cccc(C)c2)n1. The molecule has 1 N–H and O–H groups in total. The van der Waals surface area contributed by atoms with E-state index in [1.165, 1.54) is 5.56 Å². The van der Waals surface area contributed by atoms with Gasteiger partial charge in [0.15, 0.2) is 5.82 Å². The predicted molar refractivity (Wildman–Crippen MR) is 82.4 cm³/mol. The molecule has 0 bridgehead atoms. The van der Waals surface area contributed by atoms with Gasteiger partial charge in [-0.25, -0.2) is 0 Å². The number of aryl methyl sites for hydroxylation is 1. The van der Waals surface area contributed by atoms with Gasteiger partial charge in [0.2, 0.25) is 0 Å². The van der Waals surface area contributed by atoms with Crippen molar-refractivity contribution in [1.82, 2.24) is 15.2 Å². The molecule has 20 heavy (non-hydrogen) atoms. The number of nitrogens with zero attached hydrogens (tertiary/aromatic N) is 4. The normalized spacial score (nSPS) is 10.1. The minimum atomic E-state index is 0.590. The van der Waals surface area contributed by atoms with Crippen LogP contribution in [0.5, 0.6) is 0 Å². The van der Waals surface area contributed by atoms with Gasteiger partial charge in [-0.2, -0.15) is 10.1 Å². The number of nitrogens with one attached hydrogen (secondary N) is 1. The van der Waals surface area contributed by atoms with E-state index in [0.717, 1.165) is 12.2 Å². The highest BCUT2D eigenvalue weighted by molar-refractivity contribution is 5.58. The van der Waals surface area contributed by atoms with Crippen molar-refractivity contribution < 1.29 is 0 Å². The van der Waals surface area contributed by atoms with E-state index in [1.54, 1.807) is 12.3 Å². The van der Waals surface area contributed by atoms with E-state index in [0.29, 0.717) is 18.3 Å². The highest BCUT2D eigenvalue weighted by Gasteiger charge is 2.11. The summed E-state index contributed by atoms with van der Waals surface area (Å²) in [5.41, 5.74) is 2.27. The average molecular weight is 269 g/mol. The molecule has 104 valence electrons. The van der Waals surface area contributed by atoms with Crippen molar-refractivity contribution in [3.8, 4) is 0 Å². The monoisotopic (exact) mass is 269 g/mol. The van der Waals surface area contributed by atoms with E-state index in [1.807, 2.05) is 17.0 Å². The molecule has 0 fully saturated rings. The highest BCUT2D eigenvalue weighted by Crippen LogP contribution is 2.22. The maximum Gasteiger partial charge on any atom is 0.251 e. The van der Waals surface area contributed by atoms with Crippen LogP contribution in [0.4, 0.5) is 17.5 Å². The van der Waals surface area contributed by atoms with Gasteiger partial charge in [0.05, 0.1) is 6.20 Å². The summed E-state index contributed by atoms with van der Waals surface area (Å²) < 4.78 is 0. The number of aromatic nitrogens is 3. The molecule has 0 amide bonds. The minimum Gasteiger partial charge on any atom is -0.365 e. The quantitative estimate of drug-likeness (QED) is 0.817. The Morgan fingerprint density at radius 3 is 2.95 bits per heavy atom. The lowest BCUT2D eigenvalue weighted by Crippen LogP contribution is -2.20. The summed E-state index contributed by atoms with van der Waals surface area (Å²) in [6.07, 6.45) is 3.39. The second-order valence-corrected chi connectivity index (χ2v) is 4.39. The van der Waals surface area contributed by atoms with Crippen molar-refractivity contribution in [3.63, 3.8) is 0 Å².